The van der Waals surface area contributed by atoms with Crippen molar-refractivity contribution in [2.75, 3.05) is 12.0 Å². The van der Waals surface area contributed by atoms with Crippen molar-refractivity contribution in [3.63, 3.8) is 0 Å². The minimum atomic E-state index is -0.318. The van der Waals surface area contributed by atoms with Gasteiger partial charge in [0.2, 0.25) is 0 Å². The molecule has 1 aromatic rings. The summed E-state index contributed by atoms with van der Waals surface area (Å²) in [5.74, 6) is 0. The highest BCUT2D eigenvalue weighted by Crippen LogP contribution is 2.36. The second-order valence-electron chi connectivity index (χ2n) is 5.59. The highest BCUT2D eigenvalue weighted by atomic mass is 32.2. The van der Waals surface area contributed by atoms with Gasteiger partial charge in [-0.3, -0.25) is 0 Å². The molecule has 0 aromatic heterocycles. The van der Waals surface area contributed by atoms with E-state index in [-0.39, 0.29) is 18.3 Å². The lowest BCUT2D eigenvalue weighted by molar-refractivity contribution is 0.00578. The van der Waals surface area contributed by atoms with Crippen molar-refractivity contribution in [3.05, 3.63) is 18.2 Å². The average Bonchev–Trinajstić information content (AvgIpc) is 2.49. The summed E-state index contributed by atoms with van der Waals surface area (Å²) in [7, 11) is -0.318. The molecule has 1 saturated heterocycles. The summed E-state index contributed by atoms with van der Waals surface area (Å²) in [5.41, 5.74) is 7.10. The zero-order valence-corrected chi connectivity index (χ0v) is 12.4. The molecule has 2 N–H and O–H groups in total. The van der Waals surface area contributed by atoms with E-state index in [9.17, 15) is 0 Å². The fourth-order valence-electron chi connectivity index (χ4n) is 1.85. The molecule has 98 valence electrons. The third-order valence-electron chi connectivity index (χ3n) is 3.78. The van der Waals surface area contributed by atoms with E-state index in [1.54, 1.807) is 11.8 Å². The molecule has 1 aliphatic rings. The van der Waals surface area contributed by atoms with Crippen LogP contribution < -0.4 is 11.2 Å². The molecule has 0 unspecified atom stereocenters. The molecule has 0 spiro atoms. The molecule has 0 aliphatic carbocycles. The molecule has 2 rings (SSSR count). The summed E-state index contributed by atoms with van der Waals surface area (Å²) < 4.78 is 12.0. The molecule has 0 radical (unpaired) electrons. The van der Waals surface area contributed by atoms with Crippen LogP contribution in [0.3, 0.4) is 0 Å². The second kappa shape index (κ2) is 4.47. The SMILES string of the molecule is CSc1cc(B2OC(C)(C)C(C)(C)O2)ccc1N. The first kappa shape index (κ1) is 13.8. The van der Waals surface area contributed by atoms with Crippen LogP contribution in [-0.4, -0.2) is 24.6 Å². The maximum atomic E-state index is 6.02. The van der Waals surface area contributed by atoms with Gasteiger partial charge in [0, 0.05) is 10.6 Å². The Balaban J connectivity index is 2.30. The van der Waals surface area contributed by atoms with Crippen molar-refractivity contribution in [2.24, 2.45) is 0 Å². The van der Waals surface area contributed by atoms with Crippen LogP contribution in [0.5, 0.6) is 0 Å². The molecule has 0 amide bonds. The van der Waals surface area contributed by atoms with Crippen molar-refractivity contribution in [2.45, 2.75) is 43.8 Å². The topological polar surface area (TPSA) is 44.5 Å². The zero-order chi connectivity index (χ0) is 13.6. The van der Waals surface area contributed by atoms with Gasteiger partial charge in [0.15, 0.2) is 0 Å². The molecule has 1 aromatic carbocycles. The third kappa shape index (κ3) is 2.27. The van der Waals surface area contributed by atoms with Crippen LogP contribution in [0.2, 0.25) is 0 Å². The number of anilines is 1. The Morgan fingerprint density at radius 2 is 1.67 bits per heavy atom. The molecule has 5 heteroatoms. The van der Waals surface area contributed by atoms with Gasteiger partial charge in [0.25, 0.3) is 0 Å². The van der Waals surface area contributed by atoms with E-state index in [1.165, 1.54) is 0 Å². The van der Waals surface area contributed by atoms with Gasteiger partial charge >= 0.3 is 7.12 Å². The standard InChI is InChI=1S/C13H20BNO2S/c1-12(2)13(3,4)17-14(16-12)9-6-7-10(15)11(8-9)18-5/h6-8H,15H2,1-5H3. The van der Waals surface area contributed by atoms with Gasteiger partial charge < -0.3 is 15.0 Å². The van der Waals surface area contributed by atoms with Crippen molar-refractivity contribution in [1.82, 2.24) is 0 Å². The Bertz CT molecular complexity index is 446. The first-order valence-electron chi connectivity index (χ1n) is 6.06. The van der Waals surface area contributed by atoms with E-state index in [4.69, 9.17) is 15.0 Å². The molecule has 1 aliphatic heterocycles. The van der Waals surface area contributed by atoms with Crippen LogP contribution in [-0.2, 0) is 9.31 Å². The maximum absolute atomic E-state index is 6.02. The minimum absolute atomic E-state index is 0.307. The van der Waals surface area contributed by atoms with Gasteiger partial charge in [-0.15, -0.1) is 11.8 Å². The molecule has 18 heavy (non-hydrogen) atoms. The van der Waals surface area contributed by atoms with E-state index < -0.39 is 0 Å². The Labute approximate surface area is 114 Å². The van der Waals surface area contributed by atoms with Crippen LogP contribution in [0.1, 0.15) is 27.7 Å². The fraction of sp³-hybridized carbons (Fsp3) is 0.538. The number of hydrogen-bond donors (Lipinski definition) is 1. The predicted molar refractivity (Wildman–Crippen MR) is 78.4 cm³/mol. The number of benzene rings is 1. The predicted octanol–water partition coefficient (Wildman–Crippen LogP) is 2.29. The molecule has 0 bridgehead atoms. The number of thioether (sulfide) groups is 1. The molecule has 0 atom stereocenters. The van der Waals surface area contributed by atoms with Crippen LogP contribution >= 0.6 is 11.8 Å². The molecule has 1 fully saturated rings. The third-order valence-corrected chi connectivity index (χ3v) is 4.58. The Morgan fingerprint density at radius 1 is 1.11 bits per heavy atom. The Morgan fingerprint density at radius 3 is 2.17 bits per heavy atom. The normalized spacial score (nSPS) is 21.3. The van der Waals surface area contributed by atoms with Crippen LogP contribution in [0.25, 0.3) is 0 Å². The van der Waals surface area contributed by atoms with Gasteiger partial charge in [0.1, 0.15) is 0 Å². The van der Waals surface area contributed by atoms with Gasteiger partial charge in [0.05, 0.1) is 11.2 Å². The lowest BCUT2D eigenvalue weighted by atomic mass is 9.79. The lowest BCUT2D eigenvalue weighted by Gasteiger charge is -2.32. The van der Waals surface area contributed by atoms with Gasteiger partial charge in [-0.1, -0.05) is 6.07 Å². The van der Waals surface area contributed by atoms with Crippen molar-refractivity contribution in [3.8, 4) is 0 Å². The summed E-state index contributed by atoms with van der Waals surface area (Å²) in [4.78, 5) is 1.06. The number of nitrogen functional groups attached to an aromatic ring is 1. The number of rotatable bonds is 2. The lowest BCUT2D eigenvalue weighted by Crippen LogP contribution is -2.41. The molecule has 1 heterocycles. The van der Waals surface area contributed by atoms with E-state index >= 15 is 0 Å². The van der Waals surface area contributed by atoms with Crippen molar-refractivity contribution in [1.29, 1.82) is 0 Å². The van der Waals surface area contributed by atoms with Gasteiger partial charge in [-0.05, 0) is 51.5 Å². The summed E-state index contributed by atoms with van der Waals surface area (Å²) in [5, 5.41) is 0. The smallest absolute Gasteiger partial charge is 0.399 e. The Hall–Kier alpha value is -0.645. The fourth-order valence-corrected chi connectivity index (χ4v) is 2.41. The molecule has 0 saturated carbocycles. The summed E-state index contributed by atoms with van der Waals surface area (Å²) in [6, 6.07) is 5.92. The Kier molecular flexibility index (Phi) is 3.43. The summed E-state index contributed by atoms with van der Waals surface area (Å²) in [6.45, 7) is 8.22. The first-order valence-corrected chi connectivity index (χ1v) is 7.28. The molecular formula is C13H20BNO2S. The zero-order valence-electron chi connectivity index (χ0n) is 11.6. The van der Waals surface area contributed by atoms with Gasteiger partial charge in [-0.2, -0.15) is 0 Å². The summed E-state index contributed by atoms with van der Waals surface area (Å²) in [6.07, 6.45) is 2.01. The maximum Gasteiger partial charge on any atom is 0.494 e. The van der Waals surface area contributed by atoms with Crippen molar-refractivity contribution < 1.29 is 9.31 Å². The van der Waals surface area contributed by atoms with Crippen molar-refractivity contribution >= 4 is 30.0 Å². The molecular weight excluding hydrogens is 245 g/mol. The van der Waals surface area contributed by atoms with E-state index in [1.807, 2.05) is 24.5 Å². The summed E-state index contributed by atoms with van der Waals surface area (Å²) >= 11 is 1.63. The molecule has 3 nitrogen and oxygen atoms in total. The van der Waals surface area contributed by atoms with E-state index in [2.05, 4.69) is 27.7 Å². The van der Waals surface area contributed by atoms with Crippen LogP contribution in [0.15, 0.2) is 23.1 Å². The number of nitrogens with two attached hydrogens (primary N) is 1. The monoisotopic (exact) mass is 265 g/mol. The van der Waals surface area contributed by atoms with Crippen LogP contribution in [0.4, 0.5) is 5.69 Å². The quantitative estimate of drug-likeness (QED) is 0.506. The first-order chi connectivity index (χ1) is 8.27. The van der Waals surface area contributed by atoms with Gasteiger partial charge in [-0.25, -0.2) is 0 Å². The second-order valence-corrected chi connectivity index (χ2v) is 6.44. The highest BCUT2D eigenvalue weighted by molar-refractivity contribution is 7.98. The van der Waals surface area contributed by atoms with E-state index in [0.29, 0.717) is 0 Å². The highest BCUT2D eigenvalue weighted by Gasteiger charge is 2.51. The average molecular weight is 265 g/mol. The number of hydrogen-bond acceptors (Lipinski definition) is 4. The largest absolute Gasteiger partial charge is 0.494 e. The minimum Gasteiger partial charge on any atom is -0.399 e. The van der Waals surface area contributed by atoms with Crippen LogP contribution in [0, 0.1) is 0 Å². The van der Waals surface area contributed by atoms with E-state index in [0.717, 1.165) is 16.0 Å².